The molecule has 34 heavy (non-hydrogen) atoms. The van der Waals surface area contributed by atoms with Gasteiger partial charge in [0.1, 0.15) is 0 Å². The monoisotopic (exact) mass is 578 g/mol. The molecule has 1 aliphatic rings. The number of nitro groups is 1. The molecule has 2 amide bonds. The summed E-state index contributed by atoms with van der Waals surface area (Å²) in [6.45, 7) is 2.20. The number of carbonyl (C=O) groups is 3. The molecule has 0 bridgehead atoms. The normalized spacial score (nSPS) is 15.8. The van der Waals surface area contributed by atoms with Crippen molar-refractivity contribution < 1.29 is 24.4 Å². The van der Waals surface area contributed by atoms with Crippen LogP contribution in [0.5, 0.6) is 0 Å². The average molecular weight is 578 g/mol. The van der Waals surface area contributed by atoms with Gasteiger partial charge >= 0.3 is 12.0 Å². The van der Waals surface area contributed by atoms with Crippen molar-refractivity contribution >= 4 is 46.1 Å². The van der Waals surface area contributed by atoms with Gasteiger partial charge in [0.25, 0.3) is 5.69 Å². The van der Waals surface area contributed by atoms with Gasteiger partial charge in [-0.2, -0.15) is 0 Å². The molecule has 3 N–H and O–H groups in total. The summed E-state index contributed by atoms with van der Waals surface area (Å²) >= 11 is 2.16. The predicted molar refractivity (Wildman–Crippen MR) is 132 cm³/mol. The molecule has 0 aliphatic carbocycles. The maximum Gasteiger partial charge on any atom is 0.335 e. The molecule has 2 aromatic carbocycles. The maximum absolute atomic E-state index is 12.7. The summed E-state index contributed by atoms with van der Waals surface area (Å²) in [5.74, 6) is -1.28. The highest BCUT2D eigenvalue weighted by Gasteiger charge is 2.37. The Morgan fingerprint density at radius 3 is 2.59 bits per heavy atom. The number of hydrogen-bond donors (Lipinski definition) is 3. The van der Waals surface area contributed by atoms with E-state index in [4.69, 9.17) is 0 Å². The summed E-state index contributed by atoms with van der Waals surface area (Å²) < 4.78 is 1.03. The Balaban J connectivity index is 1.71. The third-order valence-electron chi connectivity index (χ3n) is 5.38. The molecular weight excluding hydrogens is 555 g/mol. The fourth-order valence-corrected chi connectivity index (χ4v) is 4.11. The van der Waals surface area contributed by atoms with Gasteiger partial charge in [-0.25, -0.2) is 9.59 Å². The zero-order chi connectivity index (χ0) is 24.8. The standard InChI is InChI=1S/C23H23IN4O6/c1-14-20(22(30)31)21(16-4-2-5-18(12-16)28(33)34)27(23(32)26-14)11-3-10-25-13-19(29)15-6-8-17(24)9-7-15/h2,4-9,12,21,25H,3,10-11,13H2,1H3,(H,26,32)(H,30,31). The lowest BCUT2D eigenvalue weighted by atomic mass is 9.93. The molecule has 1 atom stereocenters. The van der Waals surface area contributed by atoms with E-state index in [0.29, 0.717) is 24.1 Å². The van der Waals surface area contributed by atoms with Gasteiger partial charge < -0.3 is 20.6 Å². The van der Waals surface area contributed by atoms with Crippen LogP contribution in [0.3, 0.4) is 0 Å². The Hall–Kier alpha value is -3.32. The molecule has 0 aromatic heterocycles. The summed E-state index contributed by atoms with van der Waals surface area (Å²) in [6, 6.07) is 11.4. The lowest BCUT2D eigenvalue weighted by Gasteiger charge is -2.37. The van der Waals surface area contributed by atoms with Crippen LogP contribution in [0.4, 0.5) is 10.5 Å². The zero-order valence-corrected chi connectivity index (χ0v) is 20.4. The molecule has 2 aromatic rings. The number of non-ortho nitro benzene ring substituents is 1. The summed E-state index contributed by atoms with van der Waals surface area (Å²) in [5.41, 5.74) is 0.874. The minimum atomic E-state index is -1.22. The molecule has 0 spiro atoms. The lowest BCUT2D eigenvalue weighted by Crippen LogP contribution is -2.49. The minimum Gasteiger partial charge on any atom is -0.478 e. The Bertz CT molecular complexity index is 1150. The highest BCUT2D eigenvalue weighted by Crippen LogP contribution is 2.35. The van der Waals surface area contributed by atoms with Crippen molar-refractivity contribution in [3.8, 4) is 0 Å². The molecule has 11 heteroatoms. The van der Waals surface area contributed by atoms with Crippen LogP contribution in [0.15, 0.2) is 59.8 Å². The van der Waals surface area contributed by atoms with Crippen LogP contribution in [0.1, 0.15) is 35.3 Å². The van der Waals surface area contributed by atoms with E-state index in [9.17, 15) is 29.6 Å². The molecule has 0 saturated heterocycles. The van der Waals surface area contributed by atoms with E-state index in [0.717, 1.165) is 3.57 Å². The fourth-order valence-electron chi connectivity index (χ4n) is 3.75. The highest BCUT2D eigenvalue weighted by molar-refractivity contribution is 14.1. The van der Waals surface area contributed by atoms with Crippen molar-refractivity contribution in [1.82, 2.24) is 15.5 Å². The first kappa shape index (κ1) is 25.3. The predicted octanol–water partition coefficient (Wildman–Crippen LogP) is 3.49. The van der Waals surface area contributed by atoms with Gasteiger partial charge in [0, 0.05) is 33.5 Å². The number of halogens is 1. The Labute approximate surface area is 209 Å². The largest absolute Gasteiger partial charge is 0.478 e. The smallest absolute Gasteiger partial charge is 0.335 e. The number of Topliss-reactive ketones (excluding diaryl/α,β-unsaturated/α-hetero) is 1. The van der Waals surface area contributed by atoms with E-state index in [1.807, 2.05) is 12.1 Å². The van der Waals surface area contributed by atoms with E-state index < -0.39 is 23.0 Å². The minimum absolute atomic E-state index is 0.0538. The summed E-state index contributed by atoms with van der Waals surface area (Å²) in [7, 11) is 0. The number of hydrogen-bond acceptors (Lipinski definition) is 6. The molecule has 1 aliphatic heterocycles. The number of aliphatic carboxylic acids is 1. The molecule has 178 valence electrons. The van der Waals surface area contributed by atoms with E-state index in [2.05, 4.69) is 33.2 Å². The quantitative estimate of drug-likeness (QED) is 0.129. The number of rotatable bonds is 10. The van der Waals surface area contributed by atoms with Crippen molar-refractivity contribution in [3.63, 3.8) is 0 Å². The number of carbonyl (C=O) groups excluding carboxylic acids is 2. The molecule has 3 rings (SSSR count). The molecule has 10 nitrogen and oxygen atoms in total. The number of nitrogens with zero attached hydrogens (tertiary/aromatic N) is 2. The SMILES string of the molecule is CC1=C(C(=O)O)C(c2cccc([N+](=O)[O-])c2)N(CCCNCC(=O)c2ccc(I)cc2)C(=O)N1. The lowest BCUT2D eigenvalue weighted by molar-refractivity contribution is -0.384. The van der Waals surface area contributed by atoms with Gasteiger partial charge in [-0.15, -0.1) is 0 Å². The second-order valence-corrected chi connectivity index (χ2v) is 8.93. The van der Waals surface area contributed by atoms with Crippen molar-refractivity contribution in [1.29, 1.82) is 0 Å². The van der Waals surface area contributed by atoms with Crippen LogP contribution < -0.4 is 10.6 Å². The third kappa shape index (κ3) is 5.97. The number of carboxylic acid groups (broad SMARTS) is 1. The first-order chi connectivity index (χ1) is 16.2. The van der Waals surface area contributed by atoms with Crippen LogP contribution in [-0.4, -0.2) is 52.3 Å². The van der Waals surface area contributed by atoms with Crippen LogP contribution in [0.25, 0.3) is 0 Å². The third-order valence-corrected chi connectivity index (χ3v) is 6.10. The Kier molecular flexibility index (Phi) is 8.34. The van der Waals surface area contributed by atoms with E-state index in [1.54, 1.807) is 18.2 Å². The molecule has 0 saturated carbocycles. The van der Waals surface area contributed by atoms with Crippen molar-refractivity contribution in [2.24, 2.45) is 0 Å². The highest BCUT2D eigenvalue weighted by atomic mass is 127. The van der Waals surface area contributed by atoms with Crippen LogP contribution in [0.2, 0.25) is 0 Å². The topological polar surface area (TPSA) is 142 Å². The van der Waals surface area contributed by atoms with Gasteiger partial charge in [0.2, 0.25) is 0 Å². The van der Waals surface area contributed by atoms with Crippen LogP contribution in [-0.2, 0) is 4.79 Å². The van der Waals surface area contributed by atoms with Gasteiger partial charge in [-0.3, -0.25) is 14.9 Å². The average Bonchev–Trinajstić information content (AvgIpc) is 2.79. The van der Waals surface area contributed by atoms with Crippen LogP contribution in [0, 0.1) is 13.7 Å². The number of allylic oxidation sites excluding steroid dienone is 1. The van der Waals surface area contributed by atoms with Crippen LogP contribution >= 0.6 is 22.6 Å². The molecule has 1 heterocycles. The molecular formula is C23H23IN4O6. The number of urea groups is 1. The fraction of sp³-hybridized carbons (Fsp3) is 0.261. The number of ketones is 1. The van der Waals surface area contributed by atoms with Gasteiger partial charge in [0.05, 0.1) is 23.1 Å². The van der Waals surface area contributed by atoms with E-state index in [-0.39, 0.29) is 35.8 Å². The number of amides is 2. The summed E-state index contributed by atoms with van der Waals surface area (Å²) in [5, 5.41) is 26.6. The van der Waals surface area contributed by atoms with Gasteiger partial charge in [-0.05, 0) is 60.2 Å². The van der Waals surface area contributed by atoms with Crippen molar-refractivity contribution in [2.45, 2.75) is 19.4 Å². The van der Waals surface area contributed by atoms with E-state index >= 15 is 0 Å². The Morgan fingerprint density at radius 2 is 1.94 bits per heavy atom. The number of nitrogens with one attached hydrogen (secondary N) is 2. The summed E-state index contributed by atoms with van der Waals surface area (Å²) in [6.07, 6.45) is 0.435. The summed E-state index contributed by atoms with van der Waals surface area (Å²) in [4.78, 5) is 49.0. The first-order valence-corrected chi connectivity index (χ1v) is 11.5. The second kappa shape index (κ2) is 11.2. The second-order valence-electron chi connectivity index (χ2n) is 7.68. The van der Waals surface area contributed by atoms with Crippen molar-refractivity contribution in [3.05, 3.63) is 84.6 Å². The number of carboxylic acids is 1. The van der Waals surface area contributed by atoms with Gasteiger partial charge in [0.15, 0.2) is 5.78 Å². The molecule has 0 radical (unpaired) electrons. The van der Waals surface area contributed by atoms with Gasteiger partial charge in [-0.1, -0.05) is 24.3 Å². The number of nitro benzene ring substituents is 1. The zero-order valence-electron chi connectivity index (χ0n) is 18.3. The van der Waals surface area contributed by atoms with Crippen molar-refractivity contribution in [2.75, 3.05) is 19.6 Å². The molecule has 1 unspecified atom stereocenters. The molecule has 0 fully saturated rings. The number of benzene rings is 2. The van der Waals surface area contributed by atoms with E-state index in [1.165, 1.54) is 30.0 Å². The maximum atomic E-state index is 12.7. The Morgan fingerprint density at radius 1 is 1.24 bits per heavy atom. The first-order valence-electron chi connectivity index (χ1n) is 10.4.